The number of aliphatic hydroxyl groups excluding tert-OH is 1. The second-order valence-corrected chi connectivity index (χ2v) is 6.04. The third kappa shape index (κ3) is 5.85. The number of benzene rings is 1. The van der Waals surface area contributed by atoms with Gasteiger partial charge >= 0.3 is 0 Å². The summed E-state index contributed by atoms with van der Waals surface area (Å²) in [6.07, 6.45) is 0.715. The molecule has 1 aromatic rings. The van der Waals surface area contributed by atoms with Crippen LogP contribution in [0.5, 0.6) is 5.75 Å². The van der Waals surface area contributed by atoms with E-state index in [0.29, 0.717) is 30.7 Å². The number of nitrogens with one attached hydrogen (secondary N) is 2. The Morgan fingerprint density at radius 2 is 1.92 bits per heavy atom. The van der Waals surface area contributed by atoms with Gasteiger partial charge in [-0.25, -0.2) is 0 Å². The molecule has 0 radical (unpaired) electrons. The Labute approximate surface area is 143 Å². The number of hydrogen-bond acceptors (Lipinski definition) is 4. The third-order valence-electron chi connectivity index (χ3n) is 3.84. The van der Waals surface area contributed by atoms with E-state index in [0.717, 1.165) is 0 Å². The Kier molecular flexibility index (Phi) is 8.26. The second-order valence-electron chi connectivity index (χ2n) is 6.04. The molecular formula is C18H28N2O4. The molecule has 3 N–H and O–H groups in total. The summed E-state index contributed by atoms with van der Waals surface area (Å²) < 4.78 is 5.18. The van der Waals surface area contributed by atoms with Crippen molar-refractivity contribution in [2.24, 2.45) is 5.92 Å². The second kappa shape index (κ2) is 9.93. The van der Waals surface area contributed by atoms with Crippen LogP contribution >= 0.6 is 0 Å². The lowest BCUT2D eigenvalue weighted by Gasteiger charge is -2.22. The predicted octanol–water partition coefficient (Wildman–Crippen LogP) is 1.73. The summed E-state index contributed by atoms with van der Waals surface area (Å²) in [5.41, 5.74) is 0.389. The van der Waals surface area contributed by atoms with Crippen molar-refractivity contribution < 1.29 is 19.4 Å². The van der Waals surface area contributed by atoms with Crippen LogP contribution in [0, 0.1) is 5.92 Å². The minimum absolute atomic E-state index is 0.0697. The van der Waals surface area contributed by atoms with E-state index < -0.39 is 12.1 Å². The topological polar surface area (TPSA) is 87.7 Å². The number of aliphatic hydroxyl groups is 1. The molecule has 6 heteroatoms. The molecule has 1 rings (SSSR count). The van der Waals surface area contributed by atoms with Crippen molar-refractivity contribution in [1.29, 1.82) is 0 Å². The molecule has 1 aromatic carbocycles. The van der Waals surface area contributed by atoms with Crippen LogP contribution in [0.1, 0.15) is 44.0 Å². The summed E-state index contributed by atoms with van der Waals surface area (Å²) in [5.74, 6) is -0.213. The van der Waals surface area contributed by atoms with E-state index in [1.807, 2.05) is 20.8 Å². The average molecular weight is 336 g/mol. The van der Waals surface area contributed by atoms with Crippen molar-refractivity contribution in [1.82, 2.24) is 10.6 Å². The molecule has 2 atom stereocenters. The Morgan fingerprint density at radius 1 is 1.25 bits per heavy atom. The van der Waals surface area contributed by atoms with Gasteiger partial charge in [-0.2, -0.15) is 0 Å². The molecule has 134 valence electrons. The highest BCUT2D eigenvalue weighted by atomic mass is 16.5. The third-order valence-corrected chi connectivity index (χ3v) is 3.84. The molecule has 0 spiro atoms. The van der Waals surface area contributed by atoms with Gasteiger partial charge in [0, 0.05) is 6.54 Å². The van der Waals surface area contributed by atoms with Gasteiger partial charge in [-0.05, 0) is 30.9 Å². The maximum Gasteiger partial charge on any atom is 0.255 e. The fourth-order valence-electron chi connectivity index (χ4n) is 2.26. The van der Waals surface area contributed by atoms with Crippen molar-refractivity contribution >= 4 is 11.8 Å². The number of methoxy groups -OCH3 is 1. The van der Waals surface area contributed by atoms with Crippen molar-refractivity contribution in [3.05, 3.63) is 29.8 Å². The van der Waals surface area contributed by atoms with Crippen LogP contribution in [0.25, 0.3) is 0 Å². The van der Waals surface area contributed by atoms with E-state index in [-0.39, 0.29) is 17.7 Å². The Balaban J connectivity index is 2.71. The number of carbonyl (C=O) groups is 2. The lowest BCUT2D eigenvalue weighted by Crippen LogP contribution is -2.50. The van der Waals surface area contributed by atoms with Crippen LogP contribution in [0.15, 0.2) is 24.3 Å². The summed E-state index contributed by atoms with van der Waals surface area (Å²) in [4.78, 5) is 24.8. The van der Waals surface area contributed by atoms with E-state index in [1.54, 1.807) is 24.3 Å². The molecule has 0 unspecified atom stereocenters. The van der Waals surface area contributed by atoms with Gasteiger partial charge in [-0.3, -0.25) is 9.59 Å². The normalized spacial score (nSPS) is 13.2. The maximum atomic E-state index is 12.5. The zero-order chi connectivity index (χ0) is 18.1. The zero-order valence-corrected chi connectivity index (χ0v) is 14.8. The first-order valence-electron chi connectivity index (χ1n) is 8.30. The zero-order valence-electron chi connectivity index (χ0n) is 14.8. The van der Waals surface area contributed by atoms with Crippen molar-refractivity contribution in [3.8, 4) is 5.75 Å². The standard InChI is InChI=1S/C18H28N2O4/c1-5-13(21)10-11-19-18(23)16(12(2)3)20-17(22)14-8-6-7-9-15(14)24-4/h6-9,12-13,16,21H,5,10-11H2,1-4H3,(H,19,23)(H,20,22)/t13-,16+/m1/s1. The van der Waals surface area contributed by atoms with Crippen LogP contribution in [0.3, 0.4) is 0 Å². The maximum absolute atomic E-state index is 12.5. The molecule has 0 aliphatic carbocycles. The quantitative estimate of drug-likeness (QED) is 0.641. The first-order chi connectivity index (χ1) is 11.4. The highest BCUT2D eigenvalue weighted by Crippen LogP contribution is 2.17. The first-order valence-corrected chi connectivity index (χ1v) is 8.30. The molecule has 0 heterocycles. The van der Waals surface area contributed by atoms with Gasteiger partial charge in [-0.1, -0.05) is 32.9 Å². The highest BCUT2D eigenvalue weighted by molar-refractivity contribution is 5.99. The molecule has 0 bridgehead atoms. The van der Waals surface area contributed by atoms with Gasteiger partial charge in [0.2, 0.25) is 5.91 Å². The SMILES string of the molecule is CC[C@@H](O)CCNC(=O)[C@@H](NC(=O)c1ccccc1OC)C(C)C. The molecule has 0 saturated heterocycles. The minimum atomic E-state index is -0.652. The van der Waals surface area contributed by atoms with Crippen LogP contribution in [-0.4, -0.2) is 42.7 Å². The summed E-state index contributed by atoms with van der Waals surface area (Å²) in [5, 5.41) is 15.1. The van der Waals surface area contributed by atoms with Gasteiger partial charge in [0.15, 0.2) is 0 Å². The van der Waals surface area contributed by atoms with E-state index in [9.17, 15) is 14.7 Å². The molecular weight excluding hydrogens is 308 g/mol. The molecule has 0 aliphatic heterocycles. The molecule has 0 saturated carbocycles. The molecule has 0 aromatic heterocycles. The van der Waals surface area contributed by atoms with Gasteiger partial charge < -0.3 is 20.5 Å². The summed E-state index contributed by atoms with van der Waals surface area (Å²) in [6.45, 7) is 6.00. The number of rotatable bonds is 9. The largest absolute Gasteiger partial charge is 0.496 e. The summed E-state index contributed by atoms with van der Waals surface area (Å²) >= 11 is 0. The minimum Gasteiger partial charge on any atom is -0.496 e. The fourth-order valence-corrected chi connectivity index (χ4v) is 2.26. The van der Waals surface area contributed by atoms with E-state index in [4.69, 9.17) is 4.74 Å². The number of amides is 2. The van der Waals surface area contributed by atoms with Crippen LogP contribution in [0.2, 0.25) is 0 Å². The molecule has 0 fully saturated rings. The van der Waals surface area contributed by atoms with Crippen molar-refractivity contribution in [2.45, 2.75) is 45.8 Å². The van der Waals surface area contributed by atoms with E-state index in [1.165, 1.54) is 7.11 Å². The predicted molar refractivity (Wildman–Crippen MR) is 93.0 cm³/mol. The number of carbonyl (C=O) groups excluding carboxylic acids is 2. The fraction of sp³-hybridized carbons (Fsp3) is 0.556. The highest BCUT2D eigenvalue weighted by Gasteiger charge is 2.25. The molecule has 2 amide bonds. The summed E-state index contributed by atoms with van der Waals surface area (Å²) in [7, 11) is 1.50. The number of para-hydroxylation sites is 1. The lowest BCUT2D eigenvalue weighted by atomic mass is 10.0. The van der Waals surface area contributed by atoms with Crippen LogP contribution < -0.4 is 15.4 Å². The van der Waals surface area contributed by atoms with Crippen molar-refractivity contribution in [3.63, 3.8) is 0 Å². The van der Waals surface area contributed by atoms with Gasteiger partial charge in [0.1, 0.15) is 11.8 Å². The Bertz CT molecular complexity index is 546. The summed E-state index contributed by atoms with van der Waals surface area (Å²) in [6, 6.07) is 6.23. The number of ether oxygens (including phenoxy) is 1. The van der Waals surface area contributed by atoms with Gasteiger partial charge in [-0.15, -0.1) is 0 Å². The smallest absolute Gasteiger partial charge is 0.255 e. The monoisotopic (exact) mass is 336 g/mol. The Hall–Kier alpha value is -2.08. The van der Waals surface area contributed by atoms with Gasteiger partial charge in [0.05, 0.1) is 18.8 Å². The van der Waals surface area contributed by atoms with E-state index >= 15 is 0 Å². The van der Waals surface area contributed by atoms with E-state index in [2.05, 4.69) is 10.6 Å². The first kappa shape index (κ1) is 20.0. The molecule has 6 nitrogen and oxygen atoms in total. The Morgan fingerprint density at radius 3 is 2.50 bits per heavy atom. The molecule has 24 heavy (non-hydrogen) atoms. The van der Waals surface area contributed by atoms with Crippen molar-refractivity contribution in [2.75, 3.05) is 13.7 Å². The van der Waals surface area contributed by atoms with Crippen LogP contribution in [0.4, 0.5) is 0 Å². The average Bonchev–Trinajstić information content (AvgIpc) is 2.58. The lowest BCUT2D eigenvalue weighted by molar-refractivity contribution is -0.124. The van der Waals surface area contributed by atoms with Gasteiger partial charge in [0.25, 0.3) is 5.91 Å². The number of hydrogen-bond donors (Lipinski definition) is 3. The molecule has 0 aliphatic rings. The van der Waals surface area contributed by atoms with Crippen LogP contribution in [-0.2, 0) is 4.79 Å².